The van der Waals surface area contributed by atoms with E-state index in [1.165, 1.54) is 18.2 Å². The summed E-state index contributed by atoms with van der Waals surface area (Å²) in [5, 5.41) is 9.79. The van der Waals surface area contributed by atoms with Crippen molar-refractivity contribution < 1.29 is 31.4 Å². The third kappa shape index (κ3) is 4.41. The van der Waals surface area contributed by atoms with E-state index in [1.807, 2.05) is 0 Å². The molecule has 0 radical (unpaired) electrons. The fraction of sp³-hybridized carbons (Fsp3) is 0.133. The third-order valence-electron chi connectivity index (χ3n) is 2.91. The van der Waals surface area contributed by atoms with Gasteiger partial charge in [0.25, 0.3) is 0 Å². The molecule has 0 aromatic heterocycles. The summed E-state index contributed by atoms with van der Waals surface area (Å²) in [4.78, 5) is 3.58. The van der Waals surface area contributed by atoms with Crippen molar-refractivity contribution in [3.8, 4) is 5.75 Å². The summed E-state index contributed by atoms with van der Waals surface area (Å²) in [5.41, 5.74) is -3.45. The Hall–Kier alpha value is -2.22. The zero-order valence-electron chi connectivity index (χ0n) is 11.6. The Morgan fingerprint density at radius 1 is 0.875 bits per heavy atom. The highest BCUT2D eigenvalue weighted by atomic mass is 35.5. The first kappa shape index (κ1) is 18.1. The molecule has 2 rings (SSSR count). The molecule has 0 atom stereocenters. The third-order valence-corrected chi connectivity index (χ3v) is 3.15. The Morgan fingerprint density at radius 2 is 1.42 bits per heavy atom. The number of aromatic hydroxyl groups is 1. The minimum Gasteiger partial charge on any atom is -0.507 e. The maximum Gasteiger partial charge on any atom is 0.416 e. The molecule has 0 aliphatic heterocycles. The molecule has 0 heterocycles. The second kappa shape index (κ2) is 6.35. The van der Waals surface area contributed by atoms with E-state index in [1.54, 1.807) is 0 Å². The van der Waals surface area contributed by atoms with E-state index >= 15 is 0 Å². The van der Waals surface area contributed by atoms with Gasteiger partial charge in [0, 0.05) is 16.8 Å². The second-order valence-electron chi connectivity index (χ2n) is 4.73. The fourth-order valence-corrected chi connectivity index (χ4v) is 1.97. The van der Waals surface area contributed by atoms with Crippen LogP contribution in [-0.4, -0.2) is 11.3 Å². The van der Waals surface area contributed by atoms with Gasteiger partial charge < -0.3 is 5.11 Å². The van der Waals surface area contributed by atoms with E-state index in [-0.39, 0.29) is 22.4 Å². The summed E-state index contributed by atoms with van der Waals surface area (Å²) in [7, 11) is 0. The maximum atomic E-state index is 12.7. The maximum absolute atomic E-state index is 12.7. The standard InChI is InChI=1S/C15H8ClF6NO/c16-11-1-2-13(24)8(3-11)7-23-12-5-9(14(17,18)19)4-10(6-12)15(20,21)22/h1-7,24H. The lowest BCUT2D eigenvalue weighted by molar-refractivity contribution is -0.143. The van der Waals surface area contributed by atoms with E-state index in [0.29, 0.717) is 12.1 Å². The van der Waals surface area contributed by atoms with E-state index < -0.39 is 29.2 Å². The van der Waals surface area contributed by atoms with Crippen molar-refractivity contribution in [2.24, 2.45) is 4.99 Å². The quantitative estimate of drug-likeness (QED) is 0.525. The van der Waals surface area contributed by atoms with E-state index in [9.17, 15) is 31.4 Å². The smallest absolute Gasteiger partial charge is 0.416 e. The number of hydrogen-bond acceptors (Lipinski definition) is 2. The average molecular weight is 368 g/mol. The Balaban J connectivity index is 2.49. The Morgan fingerprint density at radius 3 is 1.92 bits per heavy atom. The van der Waals surface area contributed by atoms with E-state index in [4.69, 9.17) is 11.6 Å². The number of hydrogen-bond donors (Lipinski definition) is 1. The van der Waals surface area contributed by atoms with Gasteiger partial charge in [-0.25, -0.2) is 0 Å². The Labute approximate surface area is 137 Å². The lowest BCUT2D eigenvalue weighted by Crippen LogP contribution is -2.10. The van der Waals surface area contributed by atoms with Crippen LogP contribution in [0.3, 0.4) is 0 Å². The molecule has 0 unspecified atom stereocenters. The van der Waals surface area contributed by atoms with Crippen LogP contribution in [0.15, 0.2) is 41.4 Å². The van der Waals surface area contributed by atoms with Gasteiger partial charge in [-0.2, -0.15) is 26.3 Å². The van der Waals surface area contributed by atoms with Crippen molar-refractivity contribution in [2.75, 3.05) is 0 Å². The van der Waals surface area contributed by atoms with Crippen molar-refractivity contribution in [2.45, 2.75) is 12.4 Å². The van der Waals surface area contributed by atoms with Crippen LogP contribution in [-0.2, 0) is 12.4 Å². The molecule has 0 saturated heterocycles. The summed E-state index contributed by atoms with van der Waals surface area (Å²) in [6.45, 7) is 0. The number of rotatable bonds is 2. The molecule has 0 aliphatic rings. The highest BCUT2D eigenvalue weighted by Crippen LogP contribution is 2.38. The molecule has 0 spiro atoms. The highest BCUT2D eigenvalue weighted by molar-refractivity contribution is 6.30. The number of phenols is 1. The summed E-state index contributed by atoms with van der Waals surface area (Å²) in [6.07, 6.45) is -8.98. The van der Waals surface area contributed by atoms with Crippen LogP contribution in [0.2, 0.25) is 5.02 Å². The molecule has 2 aromatic rings. The van der Waals surface area contributed by atoms with Gasteiger partial charge in [0.1, 0.15) is 5.75 Å². The second-order valence-corrected chi connectivity index (χ2v) is 5.16. The van der Waals surface area contributed by atoms with Crippen LogP contribution in [0.1, 0.15) is 16.7 Å². The molecule has 0 amide bonds. The molecule has 24 heavy (non-hydrogen) atoms. The van der Waals surface area contributed by atoms with Gasteiger partial charge in [-0.3, -0.25) is 4.99 Å². The van der Waals surface area contributed by atoms with Crippen LogP contribution in [0.4, 0.5) is 32.0 Å². The number of halogens is 7. The molecular formula is C15H8ClF6NO. The van der Waals surface area contributed by atoms with Gasteiger partial charge in [-0.1, -0.05) is 11.6 Å². The molecule has 0 aliphatic carbocycles. The highest BCUT2D eigenvalue weighted by Gasteiger charge is 2.36. The van der Waals surface area contributed by atoms with Crippen LogP contribution < -0.4 is 0 Å². The SMILES string of the molecule is Oc1ccc(Cl)cc1C=Nc1cc(C(F)(F)F)cc(C(F)(F)F)c1. The molecule has 2 nitrogen and oxygen atoms in total. The van der Waals surface area contributed by atoms with Gasteiger partial charge in [-0.15, -0.1) is 0 Å². The normalized spacial score (nSPS) is 12.8. The number of nitrogens with zero attached hydrogens (tertiary/aromatic N) is 1. The van der Waals surface area contributed by atoms with Crippen LogP contribution in [0.5, 0.6) is 5.75 Å². The van der Waals surface area contributed by atoms with Gasteiger partial charge in [0.2, 0.25) is 0 Å². The number of benzene rings is 2. The molecule has 0 saturated carbocycles. The predicted octanol–water partition coefficient (Wildman–Crippen LogP) is 5.83. The number of aliphatic imine (C=N–C) groups is 1. The summed E-state index contributed by atoms with van der Waals surface area (Å²) >= 11 is 5.70. The number of phenolic OH excluding ortho intramolecular Hbond substituents is 1. The lowest BCUT2D eigenvalue weighted by atomic mass is 10.1. The summed E-state index contributed by atoms with van der Waals surface area (Å²) in [5.74, 6) is -0.272. The largest absolute Gasteiger partial charge is 0.507 e. The topological polar surface area (TPSA) is 32.6 Å². The summed E-state index contributed by atoms with van der Waals surface area (Å²) < 4.78 is 76.4. The first-order valence-electron chi connectivity index (χ1n) is 6.29. The molecule has 9 heteroatoms. The van der Waals surface area contributed by atoms with E-state index in [2.05, 4.69) is 4.99 Å². The lowest BCUT2D eigenvalue weighted by Gasteiger charge is -2.12. The van der Waals surface area contributed by atoms with Crippen molar-refractivity contribution in [3.05, 3.63) is 58.1 Å². The molecule has 2 aromatic carbocycles. The van der Waals surface area contributed by atoms with Crippen molar-refractivity contribution in [1.29, 1.82) is 0 Å². The monoisotopic (exact) mass is 367 g/mol. The molecular weight excluding hydrogens is 360 g/mol. The first-order chi connectivity index (χ1) is 11.0. The zero-order valence-corrected chi connectivity index (χ0v) is 12.3. The molecule has 128 valence electrons. The van der Waals surface area contributed by atoms with Crippen molar-refractivity contribution >= 4 is 23.5 Å². The molecule has 0 fully saturated rings. The predicted molar refractivity (Wildman–Crippen MR) is 76.8 cm³/mol. The molecule has 1 N–H and O–H groups in total. The Kier molecular flexibility index (Phi) is 4.80. The minimum absolute atomic E-state index is 0.00980. The fourth-order valence-electron chi connectivity index (χ4n) is 1.79. The van der Waals surface area contributed by atoms with Crippen LogP contribution in [0.25, 0.3) is 0 Å². The molecule has 0 bridgehead atoms. The zero-order chi connectivity index (χ0) is 18.1. The summed E-state index contributed by atoms with van der Waals surface area (Å²) in [6, 6.07) is 4.81. The average Bonchev–Trinajstić information content (AvgIpc) is 2.46. The van der Waals surface area contributed by atoms with Gasteiger partial charge in [-0.05, 0) is 36.4 Å². The minimum atomic E-state index is -4.95. The van der Waals surface area contributed by atoms with Crippen molar-refractivity contribution in [1.82, 2.24) is 0 Å². The van der Waals surface area contributed by atoms with Gasteiger partial charge in [0.05, 0.1) is 16.8 Å². The number of alkyl halides is 6. The van der Waals surface area contributed by atoms with Crippen LogP contribution in [0, 0.1) is 0 Å². The van der Waals surface area contributed by atoms with Crippen molar-refractivity contribution in [3.63, 3.8) is 0 Å². The Bertz CT molecular complexity index is 750. The van der Waals surface area contributed by atoms with Crippen LogP contribution >= 0.6 is 11.6 Å². The van der Waals surface area contributed by atoms with E-state index in [0.717, 1.165) is 6.21 Å². The first-order valence-corrected chi connectivity index (χ1v) is 6.67. The van der Waals surface area contributed by atoms with Gasteiger partial charge in [0.15, 0.2) is 0 Å². The van der Waals surface area contributed by atoms with Gasteiger partial charge >= 0.3 is 12.4 Å².